The summed E-state index contributed by atoms with van der Waals surface area (Å²) in [5, 5.41) is 17.0. The van der Waals surface area contributed by atoms with Crippen molar-refractivity contribution < 1.29 is 22.7 Å². The van der Waals surface area contributed by atoms with Crippen LogP contribution in [0, 0.1) is 31.0 Å². The van der Waals surface area contributed by atoms with E-state index in [1.54, 1.807) is 47.4 Å². The highest BCUT2D eigenvalue weighted by Gasteiger charge is 2.40. The lowest BCUT2D eigenvalue weighted by molar-refractivity contribution is -0.535. The number of para-hydroxylation sites is 2. The predicted octanol–water partition coefficient (Wildman–Crippen LogP) is 19.8. The third kappa shape index (κ3) is 10.5. The van der Waals surface area contributed by atoms with Gasteiger partial charge in [0.2, 0.25) is 16.7 Å². The Kier molecular flexibility index (Phi) is 15.2. The van der Waals surface area contributed by atoms with E-state index >= 15 is 4.32 Å². The minimum atomic E-state index is -1.59. The zero-order valence-electron chi connectivity index (χ0n) is 56.4. The van der Waals surface area contributed by atoms with Gasteiger partial charge in [-0.15, -0.1) is 0 Å². The molecule has 489 valence electrons. The zero-order valence-corrected chi connectivity index (χ0v) is 56.4. The van der Waals surface area contributed by atoms with Crippen LogP contribution in [0.4, 0.5) is 61.5 Å². The van der Waals surface area contributed by atoms with E-state index in [-0.39, 0.29) is 11.3 Å². The summed E-state index contributed by atoms with van der Waals surface area (Å²) in [6, 6.07) is 93.4. The third-order valence-electron chi connectivity index (χ3n) is 20.0. The highest BCUT2D eigenvalue weighted by Crippen LogP contribution is 2.44. The van der Waals surface area contributed by atoms with E-state index in [9.17, 15) is 5.26 Å². The lowest BCUT2D eigenvalue weighted by atomic mass is 9.95. The maximum atomic E-state index is 17.4. The minimum Gasteiger partial charge on any atom is -0.496 e. The van der Waals surface area contributed by atoms with E-state index in [1.165, 1.54) is 0 Å². The molecule has 16 aromatic rings. The van der Waals surface area contributed by atoms with Crippen LogP contribution in [0.15, 0.2) is 301 Å². The molecule has 4 aromatic heterocycles. The van der Waals surface area contributed by atoms with E-state index in [0.717, 1.165) is 145 Å². The standard InChI is InChI=1S/C88H54B2FN12O2/c1-93-61-30-42-67(43-31-61)100(64-36-22-56(23-37-64)60-29-51-83-97-88-75-16-10-14-74-70(72-13-7-9-19-81(72)105-5)48-49-79(85(74)75)103(88)90(91)99(83)54-60)65-38-24-57(25-39-65)77(52-92)86(95-3)58-26-40-66(41-27-58)101(68-44-32-62(94-2)33-45-68)63-34-20-55(21-35-63)59-28-50-82-96-87-76-47-46-69(71-12-6-8-18-80(71)104-4)73-15-11-17-78(84(73)76)102(87)89-98(82)53-59/h6-51,53-54H,4-5H3/q+2/b86-77-. The molecule has 0 atom stereocenters. The average molecular weight is 1350 g/mol. The summed E-state index contributed by atoms with van der Waals surface area (Å²) in [4.78, 5) is 25.8. The van der Waals surface area contributed by atoms with E-state index in [4.69, 9.17) is 39.2 Å². The lowest BCUT2D eigenvalue weighted by Gasteiger charge is -2.26. The molecule has 0 bridgehead atoms. The van der Waals surface area contributed by atoms with Crippen molar-refractivity contribution in [3.63, 3.8) is 0 Å². The molecule has 0 fully saturated rings. The Morgan fingerprint density at radius 1 is 0.457 bits per heavy atom. The van der Waals surface area contributed by atoms with Gasteiger partial charge in [-0.05, 0) is 175 Å². The molecule has 2 aliphatic heterocycles. The van der Waals surface area contributed by atoms with Gasteiger partial charge in [0.1, 0.15) is 11.5 Å². The maximum Gasteiger partial charge on any atom is 0.727 e. The Bertz CT molecular complexity index is 6590. The molecule has 0 N–H and O–H groups in total. The molecule has 12 aromatic carbocycles. The summed E-state index contributed by atoms with van der Waals surface area (Å²) in [6.07, 6.45) is 3.91. The van der Waals surface area contributed by atoms with E-state index in [2.05, 4.69) is 126 Å². The second-order valence-electron chi connectivity index (χ2n) is 25.6. The largest absolute Gasteiger partial charge is 0.727 e. The second-order valence-corrected chi connectivity index (χ2v) is 25.6. The van der Waals surface area contributed by atoms with Crippen molar-refractivity contribution in [1.29, 1.82) is 5.26 Å². The van der Waals surface area contributed by atoms with Gasteiger partial charge in [-0.25, -0.2) is 19.0 Å². The van der Waals surface area contributed by atoms with Crippen LogP contribution >= 0.6 is 0 Å². The third-order valence-corrected chi connectivity index (χ3v) is 20.0. The number of nitrogens with zero attached hydrogens (tertiary/aromatic N) is 12. The first-order valence-electron chi connectivity index (χ1n) is 33.9. The molecule has 0 saturated heterocycles. The number of nitriles is 1. The van der Waals surface area contributed by atoms with E-state index < -0.39 is 7.26 Å². The molecular weight excluding hydrogens is 1300 g/mol. The Morgan fingerprint density at radius 3 is 1.46 bits per heavy atom. The molecule has 105 heavy (non-hydrogen) atoms. The Balaban J connectivity index is 0.616. The van der Waals surface area contributed by atoms with Crippen molar-refractivity contribution in [3.8, 4) is 62.1 Å². The fraction of sp³-hybridized carbons (Fsp3) is 0.0227. The molecule has 0 spiro atoms. The number of allylic oxidation sites excluding steroid dienone is 1. The quantitative estimate of drug-likeness (QED) is 0.0467. The highest BCUT2D eigenvalue weighted by molar-refractivity contribution is 6.42. The Labute approximate surface area is 604 Å². The van der Waals surface area contributed by atoms with E-state index in [1.807, 2.05) is 188 Å². The number of anilines is 6. The molecule has 18 rings (SSSR count). The minimum absolute atomic E-state index is 0.191. The van der Waals surface area contributed by atoms with Crippen LogP contribution in [-0.2, 0) is 0 Å². The van der Waals surface area contributed by atoms with Crippen LogP contribution < -0.4 is 39.2 Å². The number of fused-ring (bicyclic) bond motifs is 8. The van der Waals surface area contributed by atoms with Gasteiger partial charge in [0.15, 0.2) is 11.4 Å². The highest BCUT2D eigenvalue weighted by atomic mass is 19.1. The van der Waals surface area contributed by atoms with Crippen molar-refractivity contribution >= 4 is 127 Å². The van der Waals surface area contributed by atoms with E-state index in [0.29, 0.717) is 33.8 Å². The summed E-state index contributed by atoms with van der Waals surface area (Å²) in [5.74, 6) is 2.87. The first-order valence-corrected chi connectivity index (χ1v) is 33.9. The molecule has 1 radical (unpaired) electrons. The van der Waals surface area contributed by atoms with Crippen molar-refractivity contribution in [1.82, 2.24) is 8.96 Å². The van der Waals surface area contributed by atoms with Crippen LogP contribution in [0.5, 0.6) is 11.5 Å². The van der Waals surface area contributed by atoms with Crippen LogP contribution in [0.25, 0.3) is 114 Å². The molecule has 17 heteroatoms. The Morgan fingerprint density at radius 2 is 0.914 bits per heavy atom. The zero-order chi connectivity index (χ0) is 71.0. The fourth-order valence-electron chi connectivity index (χ4n) is 15.0. The second kappa shape index (κ2) is 25.5. The van der Waals surface area contributed by atoms with Crippen molar-refractivity contribution in [2.45, 2.75) is 0 Å². The van der Waals surface area contributed by atoms with Crippen molar-refractivity contribution in [2.24, 2.45) is 9.98 Å². The number of aromatic nitrogens is 4. The first-order chi connectivity index (χ1) is 51.7. The number of rotatable bonds is 14. The fourth-order valence-corrected chi connectivity index (χ4v) is 15.0. The molecule has 14 nitrogen and oxygen atoms in total. The number of benzene rings is 12. The number of methoxy groups -OCH3 is 2. The Hall–Kier alpha value is -14.6. The van der Waals surface area contributed by atoms with Gasteiger partial charge < -0.3 is 23.8 Å². The number of hydrogen-bond acceptors (Lipinski definition) is 7. The van der Waals surface area contributed by atoms with Gasteiger partial charge in [-0.1, -0.05) is 146 Å². The molecule has 0 aliphatic carbocycles. The topological polar surface area (TPSA) is 104 Å². The molecule has 0 amide bonds. The molecular formula is C88H54B2FN12O2+2. The lowest BCUT2D eigenvalue weighted by Crippen LogP contribution is -2.58. The summed E-state index contributed by atoms with van der Waals surface area (Å²) in [5.41, 5.74) is 18.3. The smallest absolute Gasteiger partial charge is 0.496 e. The van der Waals surface area contributed by atoms with Crippen LogP contribution in [-0.4, -0.2) is 38.0 Å². The number of halogens is 1. The van der Waals surface area contributed by atoms with Gasteiger partial charge in [0, 0.05) is 90.3 Å². The summed E-state index contributed by atoms with van der Waals surface area (Å²) < 4.78 is 36.4. The van der Waals surface area contributed by atoms with Gasteiger partial charge in [-0.2, -0.15) is 5.26 Å². The van der Waals surface area contributed by atoms with Crippen LogP contribution in [0.3, 0.4) is 0 Å². The van der Waals surface area contributed by atoms with Gasteiger partial charge in [0.05, 0.1) is 68.7 Å². The number of hydrogen-bond donors (Lipinski definition) is 0. The predicted molar refractivity (Wildman–Crippen MR) is 415 cm³/mol. The summed E-state index contributed by atoms with van der Waals surface area (Å²) in [6.45, 7) is 23.9. The van der Waals surface area contributed by atoms with Gasteiger partial charge in [0.25, 0.3) is 0 Å². The summed E-state index contributed by atoms with van der Waals surface area (Å²) >= 11 is 0. The van der Waals surface area contributed by atoms with Gasteiger partial charge in [-0.3, -0.25) is 13.3 Å². The monoisotopic (exact) mass is 1350 g/mol. The first kappa shape index (κ1) is 62.6. The maximum absolute atomic E-state index is 17.4. The van der Waals surface area contributed by atoms with Crippen LogP contribution in [0.1, 0.15) is 11.1 Å². The van der Waals surface area contributed by atoms with Crippen molar-refractivity contribution in [3.05, 3.63) is 348 Å². The number of pyridine rings is 2. The van der Waals surface area contributed by atoms with Crippen LogP contribution in [0.2, 0.25) is 0 Å². The molecule has 0 saturated carbocycles. The molecule has 2 aliphatic rings. The average Bonchev–Trinajstić information content (AvgIpc) is 1.57. The van der Waals surface area contributed by atoms with Crippen molar-refractivity contribution in [2.75, 3.05) is 24.0 Å². The summed E-state index contributed by atoms with van der Waals surface area (Å²) in [7, 11) is 3.89. The SMILES string of the molecule is [C-]#[N+]/C(=C(/C#N)c1ccc(N(c2ccc([N+]#[C-])cc2)c2ccc(-c3ccc4[n+](c3)B(F)n3c(c5cccc6c(-c7ccccc7OC)ccc3c65)=N4)cc2)cc1)c1ccc(N(c2ccc([N+]#[C-])cc2)c2ccc(-c3ccc4[n+](c3)[B]n3c(c5ccc(-c6ccccc6OC)c6cccc3c65)=N4)cc2)cc1. The van der Waals surface area contributed by atoms with Gasteiger partial charge >= 0.3 is 26.4 Å². The molecule has 6 heterocycles. The number of ether oxygens (including phenoxy) is 2. The normalized spacial score (nSPS) is 12.1. The molecule has 0 unspecified atom stereocenters.